The lowest BCUT2D eigenvalue weighted by Crippen LogP contribution is -2.12. The first-order valence-electron chi connectivity index (χ1n) is 12.8. The maximum absolute atomic E-state index is 13.6. The van der Waals surface area contributed by atoms with Crippen LogP contribution in [-0.4, -0.2) is 18.2 Å². The molecule has 7 heteroatoms. The maximum atomic E-state index is 13.6. The largest absolute Gasteiger partial charge is 0.482 e. The van der Waals surface area contributed by atoms with E-state index in [0.717, 1.165) is 35.1 Å². The number of aryl methyl sites for hydroxylation is 2. The van der Waals surface area contributed by atoms with Gasteiger partial charge in [0.05, 0.1) is 5.56 Å². The van der Waals surface area contributed by atoms with E-state index in [0.29, 0.717) is 35.5 Å². The number of benzene rings is 3. The molecule has 0 spiro atoms. The van der Waals surface area contributed by atoms with Gasteiger partial charge in [0.15, 0.2) is 5.78 Å². The molecule has 0 aromatic heterocycles. The number of carbonyl (C=O) groups excluding carboxylic acids is 2. The summed E-state index contributed by atoms with van der Waals surface area (Å²) in [4.78, 5) is 23.0. The number of hydrogen-bond acceptors (Lipinski definition) is 4. The minimum absolute atomic E-state index is 0.156. The van der Waals surface area contributed by atoms with Crippen molar-refractivity contribution in [3.8, 4) is 22.6 Å². The van der Waals surface area contributed by atoms with Crippen molar-refractivity contribution in [2.75, 3.05) is 0 Å². The lowest BCUT2D eigenvalue weighted by atomic mass is 9.95. The van der Waals surface area contributed by atoms with Crippen molar-refractivity contribution >= 4 is 12.1 Å². The Labute approximate surface area is 231 Å². The van der Waals surface area contributed by atoms with Crippen LogP contribution in [0.25, 0.3) is 11.1 Å². The minimum Gasteiger partial charge on any atom is -0.482 e. The number of hydrogen-bond donors (Lipinski definition) is 0. The van der Waals surface area contributed by atoms with Gasteiger partial charge in [-0.3, -0.25) is 4.79 Å². The number of alkyl halides is 3. The predicted octanol–water partition coefficient (Wildman–Crippen LogP) is 8.24. The van der Waals surface area contributed by atoms with Crippen LogP contribution in [0.2, 0.25) is 0 Å². The standard InChI is InChI=1S/C33H29F3O4/c1-21-10-13-27(39-26-14-11-24(7-6-16-37)22(2)18-26)20-28(17-21)40-32-15-12-25(33(34,35)36)19-31(32)30-9-5-4-8-29(30)23(3)38/h4-5,8-20,27H,6-7H2,1-3H3. The minimum atomic E-state index is -4.57. The molecule has 0 amide bonds. The van der Waals surface area contributed by atoms with Crippen LogP contribution in [0.1, 0.15) is 47.3 Å². The Hall–Kier alpha value is -4.39. The molecule has 3 aromatic carbocycles. The van der Waals surface area contributed by atoms with Gasteiger partial charge in [-0.15, -0.1) is 0 Å². The van der Waals surface area contributed by atoms with Crippen LogP contribution in [-0.2, 0) is 17.4 Å². The third-order valence-corrected chi connectivity index (χ3v) is 6.50. The molecule has 0 heterocycles. The van der Waals surface area contributed by atoms with E-state index < -0.39 is 17.8 Å². The molecule has 1 atom stereocenters. The molecule has 0 N–H and O–H groups in total. The van der Waals surface area contributed by atoms with Gasteiger partial charge in [-0.2, -0.15) is 13.2 Å². The third kappa shape index (κ3) is 6.97. The number of Topliss-reactive ketones (excluding diaryl/α,β-unsaturated/α-hetero) is 1. The molecule has 3 aromatic rings. The zero-order valence-electron chi connectivity index (χ0n) is 22.4. The lowest BCUT2D eigenvalue weighted by Gasteiger charge is -2.18. The number of ether oxygens (including phenoxy) is 2. The summed E-state index contributed by atoms with van der Waals surface area (Å²) in [6.07, 6.45) is 4.14. The van der Waals surface area contributed by atoms with E-state index in [1.165, 1.54) is 13.0 Å². The first-order chi connectivity index (χ1) is 19.0. The van der Waals surface area contributed by atoms with Crippen LogP contribution in [0.15, 0.2) is 96.3 Å². The number of carbonyl (C=O) groups is 2. The molecule has 0 bridgehead atoms. The lowest BCUT2D eigenvalue weighted by molar-refractivity contribution is -0.137. The number of halogens is 3. The van der Waals surface area contributed by atoms with E-state index >= 15 is 0 Å². The van der Waals surface area contributed by atoms with E-state index in [1.54, 1.807) is 36.4 Å². The highest BCUT2D eigenvalue weighted by molar-refractivity contribution is 6.01. The van der Waals surface area contributed by atoms with Crippen LogP contribution in [0.3, 0.4) is 0 Å². The summed E-state index contributed by atoms with van der Waals surface area (Å²) >= 11 is 0. The van der Waals surface area contributed by atoms with Crippen molar-refractivity contribution < 1.29 is 32.2 Å². The first-order valence-corrected chi connectivity index (χ1v) is 12.8. The molecule has 0 aliphatic heterocycles. The van der Waals surface area contributed by atoms with Crippen LogP contribution in [0.5, 0.6) is 11.5 Å². The predicted molar refractivity (Wildman–Crippen MR) is 148 cm³/mol. The highest BCUT2D eigenvalue weighted by Gasteiger charge is 2.32. The second-order valence-corrected chi connectivity index (χ2v) is 9.61. The fourth-order valence-corrected chi connectivity index (χ4v) is 4.47. The van der Waals surface area contributed by atoms with Gasteiger partial charge in [0.25, 0.3) is 0 Å². The Kier molecular flexibility index (Phi) is 8.73. The molecule has 1 aliphatic rings. The molecule has 0 fully saturated rings. The zero-order valence-corrected chi connectivity index (χ0v) is 22.4. The van der Waals surface area contributed by atoms with Crippen molar-refractivity contribution in [2.45, 2.75) is 45.9 Å². The van der Waals surface area contributed by atoms with Gasteiger partial charge in [0.2, 0.25) is 0 Å². The van der Waals surface area contributed by atoms with Crippen LogP contribution in [0, 0.1) is 6.92 Å². The molecule has 1 unspecified atom stereocenters. The second kappa shape index (κ2) is 12.2. The molecular weight excluding hydrogens is 517 g/mol. The molecule has 4 nitrogen and oxygen atoms in total. The number of rotatable bonds is 9. The normalized spacial score (nSPS) is 15.1. The Morgan fingerprint density at radius 1 is 1.00 bits per heavy atom. The van der Waals surface area contributed by atoms with E-state index in [4.69, 9.17) is 9.47 Å². The molecule has 0 radical (unpaired) electrons. The summed E-state index contributed by atoms with van der Waals surface area (Å²) in [6, 6.07) is 15.4. The average Bonchev–Trinajstić information content (AvgIpc) is 3.08. The zero-order chi connectivity index (χ0) is 28.9. The van der Waals surface area contributed by atoms with Crippen molar-refractivity contribution in [1.82, 2.24) is 0 Å². The molecule has 0 saturated carbocycles. The van der Waals surface area contributed by atoms with Crippen LogP contribution >= 0.6 is 0 Å². The van der Waals surface area contributed by atoms with Gasteiger partial charge in [0.1, 0.15) is 29.6 Å². The van der Waals surface area contributed by atoms with Gasteiger partial charge in [-0.1, -0.05) is 36.4 Å². The van der Waals surface area contributed by atoms with Gasteiger partial charge in [0, 0.05) is 23.6 Å². The fourth-order valence-electron chi connectivity index (χ4n) is 4.47. The summed E-state index contributed by atoms with van der Waals surface area (Å²) in [5, 5.41) is 0. The summed E-state index contributed by atoms with van der Waals surface area (Å²) in [7, 11) is 0. The molecule has 4 rings (SSSR count). The van der Waals surface area contributed by atoms with E-state index in [-0.39, 0.29) is 17.1 Å². The van der Waals surface area contributed by atoms with Gasteiger partial charge in [-0.05, 0) is 91.9 Å². The number of ketones is 1. The van der Waals surface area contributed by atoms with Crippen LogP contribution < -0.4 is 9.47 Å². The Morgan fingerprint density at radius 2 is 1.77 bits per heavy atom. The third-order valence-electron chi connectivity index (χ3n) is 6.50. The number of allylic oxidation sites excluding steroid dienone is 3. The first kappa shape index (κ1) is 28.6. The number of aldehydes is 1. The van der Waals surface area contributed by atoms with Crippen molar-refractivity contribution in [1.29, 1.82) is 0 Å². The highest BCUT2D eigenvalue weighted by Crippen LogP contribution is 2.39. The average molecular weight is 547 g/mol. The Balaban J connectivity index is 1.69. The topological polar surface area (TPSA) is 52.6 Å². The van der Waals surface area contributed by atoms with Gasteiger partial charge < -0.3 is 14.3 Å². The summed E-state index contributed by atoms with van der Waals surface area (Å²) < 4.78 is 53.3. The van der Waals surface area contributed by atoms with Crippen molar-refractivity contribution in [2.24, 2.45) is 0 Å². The van der Waals surface area contributed by atoms with E-state index in [2.05, 4.69) is 0 Å². The van der Waals surface area contributed by atoms with Crippen molar-refractivity contribution in [3.05, 3.63) is 119 Å². The van der Waals surface area contributed by atoms with Crippen LogP contribution in [0.4, 0.5) is 13.2 Å². The second-order valence-electron chi connectivity index (χ2n) is 9.61. The van der Waals surface area contributed by atoms with Gasteiger partial charge in [-0.25, -0.2) is 0 Å². The molecule has 206 valence electrons. The fraction of sp³-hybridized carbons (Fsp3) is 0.212. The Bertz CT molecular complexity index is 1510. The SMILES string of the molecule is CC(=O)c1ccccc1-c1cc(C(F)(F)F)ccc1OC1=CC(Oc2ccc(CCC=O)c(C)c2)C=CC(C)=C1. The quantitative estimate of drug-likeness (QED) is 0.200. The Morgan fingerprint density at radius 3 is 2.48 bits per heavy atom. The van der Waals surface area contributed by atoms with E-state index in [1.807, 2.05) is 44.2 Å². The van der Waals surface area contributed by atoms with E-state index in [9.17, 15) is 22.8 Å². The van der Waals surface area contributed by atoms with Gasteiger partial charge >= 0.3 is 6.18 Å². The smallest absolute Gasteiger partial charge is 0.416 e. The molecule has 1 aliphatic carbocycles. The molecular formula is C33H29F3O4. The highest BCUT2D eigenvalue weighted by atomic mass is 19.4. The molecule has 0 saturated heterocycles. The summed E-state index contributed by atoms with van der Waals surface area (Å²) in [5.74, 6) is 0.914. The summed E-state index contributed by atoms with van der Waals surface area (Å²) in [5.41, 5.74) is 2.88. The van der Waals surface area contributed by atoms with Crippen molar-refractivity contribution in [3.63, 3.8) is 0 Å². The molecule has 40 heavy (non-hydrogen) atoms. The summed E-state index contributed by atoms with van der Waals surface area (Å²) in [6.45, 7) is 5.20. The monoisotopic (exact) mass is 546 g/mol. The maximum Gasteiger partial charge on any atom is 0.416 e.